The molecule has 0 saturated carbocycles. The van der Waals surface area contributed by atoms with Crippen molar-refractivity contribution in [2.24, 2.45) is 7.05 Å². The molecule has 1 heterocycles. The van der Waals surface area contributed by atoms with Gasteiger partial charge in [-0.3, -0.25) is 15.2 Å². The van der Waals surface area contributed by atoms with E-state index in [1.165, 1.54) is 4.57 Å². The Kier molecular flexibility index (Phi) is 2.72. The van der Waals surface area contributed by atoms with E-state index in [1.54, 1.807) is 7.05 Å². The Morgan fingerprint density at radius 3 is 2.82 bits per heavy atom. The molecule has 17 heavy (non-hydrogen) atoms. The predicted octanol–water partition coefficient (Wildman–Crippen LogP) is 2.19. The first kappa shape index (κ1) is 11.4. The lowest BCUT2D eigenvalue weighted by Gasteiger charge is -2.02. The first-order valence-corrected chi connectivity index (χ1v) is 4.97. The van der Waals surface area contributed by atoms with Crippen molar-refractivity contribution in [2.45, 2.75) is 0 Å². The van der Waals surface area contributed by atoms with Crippen LogP contribution in [-0.2, 0) is 7.05 Å². The minimum absolute atomic E-state index is 0.0878. The molecule has 0 saturated heterocycles. The second-order valence-electron chi connectivity index (χ2n) is 3.33. The van der Waals surface area contributed by atoms with E-state index in [4.69, 9.17) is 12.2 Å². The number of aromatic amines is 1. The molecule has 0 atom stereocenters. The van der Waals surface area contributed by atoms with Crippen molar-refractivity contribution < 1.29 is 9.31 Å². The van der Waals surface area contributed by atoms with Crippen LogP contribution in [0, 0.1) is 20.7 Å². The van der Waals surface area contributed by atoms with E-state index in [1.807, 2.05) is 0 Å². The minimum atomic E-state index is -0.591. The van der Waals surface area contributed by atoms with Crippen LogP contribution in [0.3, 0.4) is 0 Å². The van der Waals surface area contributed by atoms with E-state index in [9.17, 15) is 14.5 Å². The number of halogens is 1. The second-order valence-corrected chi connectivity index (χ2v) is 3.72. The highest BCUT2D eigenvalue weighted by atomic mass is 32.1. The molecular weight excluding hydrogens is 247 g/mol. The standard InChI is InChI=1S/C9H7FN4O2S/c1-13-8(11-12-9(13)17)6-4-5(10)2-3-7(6)14(15)16/h2-4H,1H3,(H,12,17). The van der Waals surface area contributed by atoms with Crippen LogP contribution in [0.5, 0.6) is 0 Å². The molecule has 1 aromatic heterocycles. The average Bonchev–Trinajstić information content (AvgIpc) is 2.59. The summed E-state index contributed by atoms with van der Waals surface area (Å²) in [5.41, 5.74) is -0.131. The number of hydrogen-bond donors (Lipinski definition) is 1. The smallest absolute Gasteiger partial charge is 0.280 e. The summed E-state index contributed by atoms with van der Waals surface area (Å²) in [5.74, 6) is -0.347. The van der Waals surface area contributed by atoms with Crippen LogP contribution in [0.15, 0.2) is 18.2 Å². The van der Waals surface area contributed by atoms with E-state index in [2.05, 4.69) is 10.2 Å². The fourth-order valence-electron chi connectivity index (χ4n) is 1.43. The van der Waals surface area contributed by atoms with Gasteiger partial charge in [-0.2, -0.15) is 5.10 Å². The third kappa shape index (κ3) is 1.94. The van der Waals surface area contributed by atoms with Crippen molar-refractivity contribution in [3.05, 3.63) is 38.9 Å². The monoisotopic (exact) mass is 254 g/mol. The van der Waals surface area contributed by atoms with Crippen molar-refractivity contribution in [2.75, 3.05) is 0 Å². The third-order valence-corrected chi connectivity index (χ3v) is 2.64. The van der Waals surface area contributed by atoms with Gasteiger partial charge in [0, 0.05) is 13.1 Å². The number of aromatic nitrogens is 3. The fraction of sp³-hybridized carbons (Fsp3) is 0.111. The van der Waals surface area contributed by atoms with Crippen LogP contribution in [0.2, 0.25) is 0 Å². The van der Waals surface area contributed by atoms with Crippen LogP contribution >= 0.6 is 12.2 Å². The highest BCUT2D eigenvalue weighted by Crippen LogP contribution is 2.28. The molecule has 0 spiro atoms. The van der Waals surface area contributed by atoms with Crippen LogP contribution < -0.4 is 0 Å². The molecular formula is C9H7FN4O2S. The van der Waals surface area contributed by atoms with Crippen molar-refractivity contribution in [3.63, 3.8) is 0 Å². The van der Waals surface area contributed by atoms with Gasteiger partial charge in [0.25, 0.3) is 5.69 Å². The number of nitro benzene ring substituents is 1. The molecule has 0 bridgehead atoms. The Bertz CT molecular complexity index is 649. The quantitative estimate of drug-likeness (QED) is 0.506. The molecule has 0 aliphatic rings. The van der Waals surface area contributed by atoms with E-state index in [0.717, 1.165) is 18.2 Å². The summed E-state index contributed by atoms with van der Waals surface area (Å²) in [5, 5.41) is 17.2. The second kappa shape index (κ2) is 4.06. The first-order valence-electron chi connectivity index (χ1n) is 4.56. The summed E-state index contributed by atoms with van der Waals surface area (Å²) < 4.78 is 14.9. The lowest BCUT2D eigenvalue weighted by atomic mass is 10.1. The van der Waals surface area contributed by atoms with Crippen molar-refractivity contribution >= 4 is 17.9 Å². The molecule has 6 nitrogen and oxygen atoms in total. The van der Waals surface area contributed by atoms with Gasteiger partial charge in [0.05, 0.1) is 10.5 Å². The Morgan fingerprint density at radius 2 is 2.29 bits per heavy atom. The molecule has 2 aromatic rings. The summed E-state index contributed by atoms with van der Waals surface area (Å²) in [6, 6.07) is 3.19. The summed E-state index contributed by atoms with van der Waals surface area (Å²) in [7, 11) is 1.59. The van der Waals surface area contributed by atoms with Crippen LogP contribution in [0.25, 0.3) is 11.4 Å². The molecule has 1 N–H and O–H groups in total. The number of nitrogens with zero attached hydrogens (tertiary/aromatic N) is 3. The Labute approximate surface area is 99.9 Å². The highest BCUT2D eigenvalue weighted by Gasteiger charge is 2.19. The van der Waals surface area contributed by atoms with Crippen molar-refractivity contribution in [3.8, 4) is 11.4 Å². The van der Waals surface area contributed by atoms with Gasteiger partial charge >= 0.3 is 0 Å². The third-order valence-electron chi connectivity index (χ3n) is 2.28. The highest BCUT2D eigenvalue weighted by molar-refractivity contribution is 7.71. The number of nitro groups is 1. The van der Waals surface area contributed by atoms with Crippen molar-refractivity contribution in [1.82, 2.24) is 14.8 Å². The molecule has 0 radical (unpaired) electrons. The molecule has 0 aliphatic carbocycles. The van der Waals surface area contributed by atoms with Crippen LogP contribution in [-0.4, -0.2) is 19.7 Å². The summed E-state index contributed by atoms with van der Waals surface area (Å²) in [4.78, 5) is 10.2. The number of hydrogen-bond acceptors (Lipinski definition) is 4. The number of rotatable bonds is 2. The Morgan fingerprint density at radius 1 is 1.59 bits per heavy atom. The van der Waals surface area contributed by atoms with E-state index in [-0.39, 0.29) is 17.1 Å². The van der Waals surface area contributed by atoms with Gasteiger partial charge in [0.15, 0.2) is 10.6 Å². The van der Waals surface area contributed by atoms with Crippen LogP contribution in [0.1, 0.15) is 0 Å². The first-order chi connectivity index (χ1) is 8.00. The number of H-pyrrole nitrogens is 1. The number of nitrogens with one attached hydrogen (secondary N) is 1. The molecule has 88 valence electrons. The Hall–Kier alpha value is -2.09. The maximum atomic E-state index is 13.1. The molecule has 1 aromatic carbocycles. The van der Waals surface area contributed by atoms with Gasteiger partial charge in [-0.05, 0) is 24.4 Å². The lowest BCUT2D eigenvalue weighted by Crippen LogP contribution is -1.98. The molecule has 0 fully saturated rings. The molecule has 8 heteroatoms. The zero-order valence-corrected chi connectivity index (χ0v) is 9.49. The normalized spacial score (nSPS) is 10.5. The Balaban J connectivity index is 2.73. The van der Waals surface area contributed by atoms with Crippen molar-refractivity contribution in [1.29, 1.82) is 0 Å². The van der Waals surface area contributed by atoms with Gasteiger partial charge in [-0.25, -0.2) is 4.39 Å². The van der Waals surface area contributed by atoms with E-state index >= 15 is 0 Å². The van der Waals surface area contributed by atoms with E-state index in [0.29, 0.717) is 4.77 Å². The topological polar surface area (TPSA) is 76.8 Å². The zero-order valence-electron chi connectivity index (χ0n) is 8.68. The van der Waals surface area contributed by atoms with E-state index < -0.39 is 10.7 Å². The number of benzene rings is 1. The lowest BCUT2D eigenvalue weighted by molar-refractivity contribution is -0.384. The fourth-order valence-corrected chi connectivity index (χ4v) is 1.57. The SMILES string of the molecule is Cn1c(-c2cc(F)ccc2[N+](=O)[O-])n[nH]c1=S. The molecule has 0 amide bonds. The predicted molar refractivity (Wildman–Crippen MR) is 60.4 cm³/mol. The molecule has 2 rings (SSSR count). The maximum absolute atomic E-state index is 13.1. The molecule has 0 aliphatic heterocycles. The van der Waals surface area contributed by atoms with Gasteiger partial charge in [-0.1, -0.05) is 0 Å². The summed E-state index contributed by atoms with van der Waals surface area (Å²) in [6.07, 6.45) is 0. The van der Waals surface area contributed by atoms with Gasteiger partial charge < -0.3 is 4.57 Å². The largest absolute Gasteiger partial charge is 0.303 e. The molecule has 0 unspecified atom stereocenters. The minimum Gasteiger partial charge on any atom is -0.303 e. The van der Waals surface area contributed by atoms with Gasteiger partial charge in [0.1, 0.15) is 5.82 Å². The average molecular weight is 254 g/mol. The van der Waals surface area contributed by atoms with Gasteiger partial charge in [-0.15, -0.1) is 0 Å². The zero-order chi connectivity index (χ0) is 12.6. The summed E-state index contributed by atoms with van der Waals surface area (Å²) in [6.45, 7) is 0. The van der Waals surface area contributed by atoms with Gasteiger partial charge in [0.2, 0.25) is 0 Å². The van der Waals surface area contributed by atoms with Crippen LogP contribution in [0.4, 0.5) is 10.1 Å². The maximum Gasteiger partial charge on any atom is 0.280 e. The summed E-state index contributed by atoms with van der Waals surface area (Å²) >= 11 is 4.90.